The standard InChI is InChI=1S/C23H27NO2S.C2H6/c1-5-20-21(12-13-24(3)4)23(25)27-22(20)15-17-7-10-18(11-8-17)26-19-9-6-16(2)14-19;1-2/h6-11,21-22H,1,12-15H2,2-4H3;1-2H3. The minimum Gasteiger partial charge on any atom is -0.461 e. The van der Waals surface area contributed by atoms with E-state index in [0.717, 1.165) is 42.9 Å². The number of nitrogens with zero attached hydrogens (tertiary/aromatic N) is 1. The topological polar surface area (TPSA) is 29.5 Å². The van der Waals surface area contributed by atoms with E-state index in [1.807, 2.05) is 46.2 Å². The fourth-order valence-electron chi connectivity index (χ4n) is 3.44. The minimum absolute atomic E-state index is 0.0486. The maximum Gasteiger partial charge on any atom is 0.197 e. The molecule has 2 atom stereocenters. The molecule has 0 spiro atoms. The van der Waals surface area contributed by atoms with Crippen LogP contribution in [0.4, 0.5) is 0 Å². The van der Waals surface area contributed by atoms with E-state index in [1.54, 1.807) is 0 Å². The second-order valence-corrected chi connectivity index (χ2v) is 8.68. The van der Waals surface area contributed by atoms with Gasteiger partial charge in [-0.15, -0.1) is 5.73 Å². The van der Waals surface area contributed by atoms with Gasteiger partial charge in [-0.3, -0.25) is 4.79 Å². The first-order valence-corrected chi connectivity index (χ1v) is 11.2. The van der Waals surface area contributed by atoms with E-state index in [-0.39, 0.29) is 16.3 Å². The van der Waals surface area contributed by atoms with Crippen LogP contribution in [-0.4, -0.2) is 35.9 Å². The van der Waals surface area contributed by atoms with Crippen molar-refractivity contribution in [3.05, 3.63) is 71.2 Å². The van der Waals surface area contributed by atoms with Gasteiger partial charge < -0.3 is 9.64 Å². The van der Waals surface area contributed by atoms with E-state index in [2.05, 4.69) is 42.3 Å². The zero-order chi connectivity index (χ0) is 21.4. The number of allylic oxidation sites excluding steroid dienone is 3. The Balaban J connectivity index is 0.00000145. The van der Waals surface area contributed by atoms with Crippen LogP contribution in [0, 0.1) is 5.92 Å². The van der Waals surface area contributed by atoms with E-state index in [4.69, 9.17) is 4.74 Å². The van der Waals surface area contributed by atoms with Gasteiger partial charge in [0.1, 0.15) is 11.5 Å². The molecular weight excluding hydrogens is 378 g/mol. The van der Waals surface area contributed by atoms with E-state index < -0.39 is 0 Å². The molecule has 1 aromatic rings. The lowest BCUT2D eigenvalue weighted by atomic mass is 9.92. The molecule has 3 rings (SSSR count). The number of benzene rings is 1. The van der Waals surface area contributed by atoms with Gasteiger partial charge in [0.2, 0.25) is 0 Å². The Morgan fingerprint density at radius 3 is 2.45 bits per heavy atom. The third-order valence-electron chi connectivity index (χ3n) is 4.93. The average molecular weight is 412 g/mol. The molecule has 156 valence electrons. The van der Waals surface area contributed by atoms with Crippen molar-refractivity contribution in [2.75, 3.05) is 20.6 Å². The molecule has 0 bridgehead atoms. The van der Waals surface area contributed by atoms with Crippen LogP contribution < -0.4 is 4.74 Å². The molecule has 1 aliphatic carbocycles. The van der Waals surface area contributed by atoms with Crippen molar-refractivity contribution in [3.63, 3.8) is 0 Å². The van der Waals surface area contributed by atoms with Gasteiger partial charge in [0, 0.05) is 11.7 Å². The monoisotopic (exact) mass is 411 g/mol. The third kappa shape index (κ3) is 6.50. The maximum atomic E-state index is 12.5. The fraction of sp³-hybridized carbons (Fsp3) is 0.440. The largest absolute Gasteiger partial charge is 0.461 e. The Bertz CT molecular complexity index is 814. The van der Waals surface area contributed by atoms with Crippen LogP contribution in [0.5, 0.6) is 5.75 Å². The van der Waals surface area contributed by atoms with Crippen LogP contribution in [0.2, 0.25) is 0 Å². The first-order valence-electron chi connectivity index (χ1n) is 10.3. The molecule has 2 aliphatic rings. The van der Waals surface area contributed by atoms with Crippen LogP contribution in [0.15, 0.2) is 65.6 Å². The SMILES string of the molecule is C=C=C1C(Cc2ccc(OC3=CC=C(C)C3)cc2)SC(=O)C1CCN(C)C.CC. The number of hydrogen-bond donors (Lipinski definition) is 0. The van der Waals surface area contributed by atoms with Crippen LogP contribution in [0.25, 0.3) is 0 Å². The molecule has 0 radical (unpaired) electrons. The van der Waals surface area contributed by atoms with Gasteiger partial charge in [-0.1, -0.05) is 56.0 Å². The number of ether oxygens (including phenoxy) is 1. The lowest BCUT2D eigenvalue weighted by molar-refractivity contribution is -0.113. The summed E-state index contributed by atoms with van der Waals surface area (Å²) in [4.78, 5) is 14.6. The number of rotatable bonds is 7. The summed E-state index contributed by atoms with van der Waals surface area (Å²) in [5.74, 6) is 1.79. The number of carbonyl (C=O) groups excluding carboxylic acids is 1. The van der Waals surface area contributed by atoms with Gasteiger partial charge in [0.05, 0.1) is 5.92 Å². The van der Waals surface area contributed by atoms with E-state index in [1.165, 1.54) is 22.9 Å². The smallest absolute Gasteiger partial charge is 0.197 e. The fourth-order valence-corrected chi connectivity index (χ4v) is 4.78. The summed E-state index contributed by atoms with van der Waals surface area (Å²) in [7, 11) is 4.06. The van der Waals surface area contributed by atoms with Crippen molar-refractivity contribution in [3.8, 4) is 5.75 Å². The van der Waals surface area contributed by atoms with E-state index in [0.29, 0.717) is 0 Å². The first-order chi connectivity index (χ1) is 14.0. The Kier molecular flexibility index (Phi) is 9.03. The Labute approximate surface area is 180 Å². The molecule has 2 unspecified atom stereocenters. The number of hydrogen-bond acceptors (Lipinski definition) is 4. The molecule has 0 amide bonds. The van der Waals surface area contributed by atoms with Crippen LogP contribution in [0.1, 0.15) is 39.2 Å². The maximum absolute atomic E-state index is 12.5. The van der Waals surface area contributed by atoms with Crippen molar-refractivity contribution in [1.29, 1.82) is 0 Å². The molecule has 1 saturated heterocycles. The third-order valence-corrected chi connectivity index (χ3v) is 6.16. The number of thioether (sulfide) groups is 1. The highest BCUT2D eigenvalue weighted by atomic mass is 32.2. The summed E-state index contributed by atoms with van der Waals surface area (Å²) in [5, 5.41) is 0.391. The molecule has 0 N–H and O–H groups in total. The van der Waals surface area contributed by atoms with E-state index >= 15 is 0 Å². The molecule has 1 aromatic carbocycles. The summed E-state index contributed by atoms with van der Waals surface area (Å²) >= 11 is 1.44. The average Bonchev–Trinajstić information content (AvgIpc) is 3.25. The lowest BCUT2D eigenvalue weighted by Gasteiger charge is -2.15. The minimum atomic E-state index is -0.0486. The van der Waals surface area contributed by atoms with Crippen LogP contribution in [0.3, 0.4) is 0 Å². The molecule has 3 nitrogen and oxygen atoms in total. The summed E-state index contributed by atoms with van der Waals surface area (Å²) < 4.78 is 5.92. The van der Waals surface area contributed by atoms with Gasteiger partial charge in [-0.2, -0.15) is 0 Å². The summed E-state index contributed by atoms with van der Waals surface area (Å²) in [6, 6.07) is 8.19. The highest BCUT2D eigenvalue weighted by Gasteiger charge is 2.38. The molecule has 4 heteroatoms. The van der Waals surface area contributed by atoms with E-state index in [9.17, 15) is 4.79 Å². The quantitative estimate of drug-likeness (QED) is 0.531. The molecule has 0 saturated carbocycles. The zero-order valence-electron chi connectivity index (χ0n) is 18.3. The van der Waals surface area contributed by atoms with Gasteiger partial charge in [-0.05, 0) is 69.8 Å². The van der Waals surface area contributed by atoms with Crippen LogP contribution in [-0.2, 0) is 11.2 Å². The predicted octanol–water partition coefficient (Wildman–Crippen LogP) is 5.79. The Morgan fingerprint density at radius 2 is 1.90 bits per heavy atom. The molecule has 1 heterocycles. The summed E-state index contributed by atoms with van der Waals surface area (Å²) in [6.45, 7) is 10.8. The molecular formula is C25H33NO2S. The molecule has 29 heavy (non-hydrogen) atoms. The van der Waals surface area contributed by atoms with Gasteiger partial charge in [-0.25, -0.2) is 0 Å². The zero-order valence-corrected chi connectivity index (χ0v) is 19.1. The Hall–Kier alpha value is -2.00. The predicted molar refractivity (Wildman–Crippen MR) is 124 cm³/mol. The van der Waals surface area contributed by atoms with Gasteiger partial charge in [0.15, 0.2) is 5.12 Å². The van der Waals surface area contributed by atoms with Crippen molar-refractivity contribution >= 4 is 16.9 Å². The highest BCUT2D eigenvalue weighted by molar-refractivity contribution is 8.14. The molecule has 1 fully saturated rings. The Morgan fingerprint density at radius 1 is 1.21 bits per heavy atom. The molecule has 0 aromatic heterocycles. The lowest BCUT2D eigenvalue weighted by Crippen LogP contribution is -2.19. The first kappa shape index (κ1) is 23.3. The van der Waals surface area contributed by atoms with Gasteiger partial charge >= 0.3 is 0 Å². The highest BCUT2D eigenvalue weighted by Crippen LogP contribution is 2.41. The second kappa shape index (κ2) is 11.3. The normalized spacial score (nSPS) is 20.8. The van der Waals surface area contributed by atoms with Crippen molar-refractivity contribution in [2.45, 2.75) is 45.3 Å². The summed E-state index contributed by atoms with van der Waals surface area (Å²) in [6.07, 6.45) is 6.65. The number of carbonyl (C=O) groups is 1. The van der Waals surface area contributed by atoms with Crippen LogP contribution >= 0.6 is 11.8 Å². The van der Waals surface area contributed by atoms with Crippen molar-refractivity contribution in [2.24, 2.45) is 5.92 Å². The summed E-state index contributed by atoms with van der Waals surface area (Å²) in [5.41, 5.74) is 6.65. The van der Waals surface area contributed by atoms with Crippen molar-refractivity contribution in [1.82, 2.24) is 4.90 Å². The second-order valence-electron chi connectivity index (χ2n) is 7.48. The van der Waals surface area contributed by atoms with Crippen molar-refractivity contribution < 1.29 is 9.53 Å². The molecule has 1 aliphatic heterocycles. The van der Waals surface area contributed by atoms with Gasteiger partial charge in [0.25, 0.3) is 0 Å².